The lowest BCUT2D eigenvalue weighted by Crippen LogP contribution is -2.30. The van der Waals surface area contributed by atoms with Crippen molar-refractivity contribution in [2.75, 3.05) is 6.61 Å². The van der Waals surface area contributed by atoms with Crippen LogP contribution < -0.4 is 5.32 Å². The van der Waals surface area contributed by atoms with Crippen molar-refractivity contribution in [2.45, 2.75) is 19.4 Å². The molecule has 6 heteroatoms. The van der Waals surface area contributed by atoms with E-state index in [1.807, 2.05) is 31.2 Å². The first-order chi connectivity index (χ1) is 11.9. The molecule has 0 saturated carbocycles. The molecule has 0 radical (unpaired) electrons. The Kier molecular flexibility index (Phi) is 6.36. The molecule has 1 unspecified atom stereocenters. The Morgan fingerprint density at radius 2 is 1.76 bits per heavy atom. The van der Waals surface area contributed by atoms with E-state index in [1.165, 1.54) is 0 Å². The van der Waals surface area contributed by atoms with E-state index in [-0.39, 0.29) is 12.0 Å². The van der Waals surface area contributed by atoms with Crippen LogP contribution in [0.1, 0.15) is 29.2 Å². The topological polar surface area (TPSA) is 49.3 Å². The van der Waals surface area contributed by atoms with Crippen LogP contribution in [0, 0.1) is 24.4 Å². The van der Waals surface area contributed by atoms with Gasteiger partial charge < -0.3 is 10.4 Å². The second-order valence-electron chi connectivity index (χ2n) is 5.62. The van der Waals surface area contributed by atoms with E-state index in [0.717, 1.165) is 23.3 Å². The molecule has 25 heavy (non-hydrogen) atoms. The van der Waals surface area contributed by atoms with Crippen molar-refractivity contribution in [3.8, 4) is 0 Å². The first kappa shape index (κ1) is 18.7. The van der Waals surface area contributed by atoms with E-state index in [0.29, 0.717) is 0 Å². The van der Waals surface area contributed by atoms with E-state index >= 15 is 0 Å². The third-order valence-electron chi connectivity index (χ3n) is 3.62. The molecular weight excluding hydrogens is 331 g/mol. The third-order valence-corrected chi connectivity index (χ3v) is 3.62. The summed E-state index contributed by atoms with van der Waals surface area (Å²) in [7, 11) is 0. The van der Waals surface area contributed by atoms with Gasteiger partial charge in [-0.2, -0.15) is 0 Å². The first-order valence-electron chi connectivity index (χ1n) is 7.68. The normalized spacial score (nSPS) is 12.4. The average Bonchev–Trinajstić information content (AvgIpc) is 2.59. The molecule has 0 saturated heterocycles. The molecule has 0 spiro atoms. The summed E-state index contributed by atoms with van der Waals surface area (Å²) >= 11 is 0. The molecule has 1 atom stereocenters. The lowest BCUT2D eigenvalue weighted by atomic mass is 10.1. The number of benzene rings is 2. The van der Waals surface area contributed by atoms with Crippen molar-refractivity contribution < 1.29 is 23.1 Å². The molecule has 2 aromatic rings. The number of hydrogen-bond donors (Lipinski definition) is 2. The van der Waals surface area contributed by atoms with Crippen LogP contribution in [-0.4, -0.2) is 17.6 Å². The Labute approximate surface area is 143 Å². The molecule has 0 fully saturated rings. The van der Waals surface area contributed by atoms with Gasteiger partial charge in [0.1, 0.15) is 0 Å². The molecule has 2 N–H and O–H groups in total. The van der Waals surface area contributed by atoms with Crippen LogP contribution in [0.3, 0.4) is 0 Å². The minimum atomic E-state index is -1.59. The van der Waals surface area contributed by atoms with Crippen LogP contribution in [0.4, 0.5) is 13.2 Å². The maximum Gasteiger partial charge on any atom is 0.224 e. The van der Waals surface area contributed by atoms with Crippen molar-refractivity contribution in [3.05, 3.63) is 76.6 Å². The lowest BCUT2D eigenvalue weighted by Gasteiger charge is -2.16. The molecule has 2 aromatic carbocycles. The van der Waals surface area contributed by atoms with Gasteiger partial charge in [-0.1, -0.05) is 42.0 Å². The van der Waals surface area contributed by atoms with Crippen LogP contribution in [-0.2, 0) is 4.79 Å². The van der Waals surface area contributed by atoms with Gasteiger partial charge in [0, 0.05) is 6.42 Å². The molecule has 3 nitrogen and oxygen atoms in total. The summed E-state index contributed by atoms with van der Waals surface area (Å²) in [5, 5.41) is 11.8. The molecule has 0 aliphatic carbocycles. The number of aryl methyl sites for hydroxylation is 1. The number of hydrogen-bond acceptors (Lipinski definition) is 2. The van der Waals surface area contributed by atoms with E-state index < -0.39 is 36.0 Å². The van der Waals surface area contributed by atoms with E-state index in [2.05, 4.69) is 5.32 Å². The second-order valence-corrected chi connectivity index (χ2v) is 5.62. The van der Waals surface area contributed by atoms with E-state index in [1.54, 1.807) is 12.2 Å². The van der Waals surface area contributed by atoms with Crippen molar-refractivity contribution in [1.29, 1.82) is 0 Å². The molecule has 2 rings (SSSR count). The Morgan fingerprint density at radius 3 is 2.32 bits per heavy atom. The van der Waals surface area contributed by atoms with Crippen molar-refractivity contribution in [3.63, 3.8) is 0 Å². The van der Waals surface area contributed by atoms with E-state index in [9.17, 15) is 23.1 Å². The Morgan fingerprint density at radius 1 is 1.16 bits per heavy atom. The van der Waals surface area contributed by atoms with Gasteiger partial charge >= 0.3 is 0 Å². The van der Waals surface area contributed by atoms with Gasteiger partial charge in [-0.15, -0.1) is 0 Å². The molecule has 0 heterocycles. The fraction of sp³-hybridized carbons (Fsp3) is 0.211. The van der Waals surface area contributed by atoms with Gasteiger partial charge in [-0.3, -0.25) is 4.79 Å². The summed E-state index contributed by atoms with van der Waals surface area (Å²) in [5.74, 6) is -4.77. The van der Waals surface area contributed by atoms with Gasteiger partial charge in [0.05, 0.1) is 12.6 Å². The number of carbonyl (C=O) groups excluding carboxylic acids is 1. The molecule has 0 aliphatic heterocycles. The van der Waals surface area contributed by atoms with Crippen molar-refractivity contribution >= 4 is 12.0 Å². The summed E-state index contributed by atoms with van der Waals surface area (Å²) in [4.78, 5) is 11.9. The van der Waals surface area contributed by atoms with Gasteiger partial charge in [0.2, 0.25) is 5.91 Å². The summed E-state index contributed by atoms with van der Waals surface area (Å²) in [6.45, 7) is 1.40. The largest absolute Gasteiger partial charge is 0.394 e. The van der Waals surface area contributed by atoms with E-state index in [4.69, 9.17) is 0 Å². The molecular formula is C19H18F3NO2. The minimum Gasteiger partial charge on any atom is -0.394 e. The SMILES string of the molecule is Cc1ccc(/C=C/CC(=O)NC(CO)c2cc(F)c(F)c(F)c2)cc1. The molecule has 0 aliphatic rings. The monoisotopic (exact) mass is 349 g/mol. The summed E-state index contributed by atoms with van der Waals surface area (Å²) in [6.07, 6.45) is 3.43. The first-order valence-corrected chi connectivity index (χ1v) is 7.68. The highest BCUT2D eigenvalue weighted by molar-refractivity contribution is 5.79. The van der Waals surface area contributed by atoms with Gasteiger partial charge in [0.25, 0.3) is 0 Å². The lowest BCUT2D eigenvalue weighted by molar-refractivity contribution is -0.121. The Balaban J connectivity index is 1.99. The average molecular weight is 349 g/mol. The van der Waals surface area contributed by atoms with Crippen LogP contribution in [0.25, 0.3) is 6.08 Å². The maximum absolute atomic E-state index is 13.3. The highest BCUT2D eigenvalue weighted by Crippen LogP contribution is 2.19. The summed E-state index contributed by atoms with van der Waals surface area (Å²) in [5.41, 5.74) is 2.01. The summed E-state index contributed by atoms with van der Waals surface area (Å²) < 4.78 is 39.5. The third kappa shape index (κ3) is 5.19. The number of carbonyl (C=O) groups is 1. The maximum atomic E-state index is 13.3. The van der Waals surface area contributed by atoms with Crippen LogP contribution in [0.2, 0.25) is 0 Å². The van der Waals surface area contributed by atoms with Gasteiger partial charge in [-0.25, -0.2) is 13.2 Å². The standard InChI is InChI=1S/C19H18F3NO2/c1-12-5-7-13(8-6-12)3-2-4-18(25)23-17(11-24)14-9-15(20)19(22)16(21)10-14/h2-3,5-10,17,24H,4,11H2,1H3,(H,23,25)/b3-2+. The number of rotatable bonds is 6. The number of nitrogens with one attached hydrogen (secondary N) is 1. The van der Waals surface area contributed by atoms with Crippen LogP contribution >= 0.6 is 0 Å². The Hall–Kier alpha value is -2.60. The predicted octanol–water partition coefficient (Wildman–Crippen LogP) is 3.67. The molecule has 132 valence electrons. The zero-order valence-electron chi connectivity index (χ0n) is 13.6. The quantitative estimate of drug-likeness (QED) is 0.782. The Bertz CT molecular complexity index is 750. The fourth-order valence-electron chi connectivity index (χ4n) is 2.24. The predicted molar refractivity (Wildman–Crippen MR) is 89.1 cm³/mol. The number of aliphatic hydroxyl groups excluding tert-OH is 1. The smallest absolute Gasteiger partial charge is 0.224 e. The van der Waals surface area contributed by atoms with Crippen molar-refractivity contribution in [1.82, 2.24) is 5.32 Å². The molecule has 1 amide bonds. The summed E-state index contributed by atoms with van der Waals surface area (Å²) in [6, 6.07) is 8.18. The van der Waals surface area contributed by atoms with Crippen LogP contribution in [0.5, 0.6) is 0 Å². The molecule has 0 bridgehead atoms. The zero-order chi connectivity index (χ0) is 18.4. The second kappa shape index (κ2) is 8.48. The number of amides is 1. The minimum absolute atomic E-state index is 0.0243. The zero-order valence-corrected chi connectivity index (χ0v) is 13.6. The number of halogens is 3. The van der Waals surface area contributed by atoms with Crippen LogP contribution in [0.15, 0.2) is 42.5 Å². The van der Waals surface area contributed by atoms with Gasteiger partial charge in [0.15, 0.2) is 17.5 Å². The highest BCUT2D eigenvalue weighted by atomic mass is 19.2. The highest BCUT2D eigenvalue weighted by Gasteiger charge is 2.18. The van der Waals surface area contributed by atoms with Crippen molar-refractivity contribution in [2.24, 2.45) is 0 Å². The number of aliphatic hydroxyl groups is 1. The fourth-order valence-corrected chi connectivity index (χ4v) is 2.24. The molecule has 0 aromatic heterocycles. The van der Waals surface area contributed by atoms with Gasteiger partial charge in [-0.05, 0) is 30.2 Å².